The lowest BCUT2D eigenvalue weighted by atomic mass is 10.1. The van der Waals surface area contributed by atoms with Crippen LogP contribution in [0.2, 0.25) is 0 Å². The van der Waals surface area contributed by atoms with Crippen molar-refractivity contribution in [1.82, 2.24) is 9.80 Å². The fraction of sp³-hybridized carbons (Fsp3) is 0.200. The van der Waals surface area contributed by atoms with Crippen molar-refractivity contribution in [2.24, 2.45) is 0 Å². The van der Waals surface area contributed by atoms with Gasteiger partial charge in [-0.05, 0) is 58.0 Å². The molecule has 2 aromatic carbocycles. The number of likely N-dealkylation sites (N-methyl/N-ethyl adjacent to an activating group) is 2. The van der Waals surface area contributed by atoms with Crippen LogP contribution in [-0.2, 0) is 11.4 Å². The summed E-state index contributed by atoms with van der Waals surface area (Å²) in [5.41, 5.74) is 1.63. The van der Waals surface area contributed by atoms with E-state index < -0.39 is 0 Å². The lowest BCUT2D eigenvalue weighted by Gasteiger charge is -2.15. The highest BCUT2D eigenvalue weighted by molar-refractivity contribution is 9.10. The molecule has 1 aliphatic heterocycles. The molecule has 0 aliphatic carbocycles. The highest BCUT2D eigenvalue weighted by Gasteiger charge is 2.32. The predicted octanol–water partition coefficient (Wildman–Crippen LogP) is 4.21. The highest BCUT2D eigenvalue weighted by atomic mass is 79.9. The van der Waals surface area contributed by atoms with Crippen LogP contribution in [0.15, 0.2) is 46.6 Å². The van der Waals surface area contributed by atoms with E-state index in [9.17, 15) is 9.18 Å². The molecule has 0 spiro atoms. The van der Waals surface area contributed by atoms with Gasteiger partial charge in [0.1, 0.15) is 18.1 Å². The normalized spacial score (nSPS) is 15.5. The van der Waals surface area contributed by atoms with Crippen molar-refractivity contribution in [3.63, 3.8) is 0 Å². The quantitative estimate of drug-likeness (QED) is 0.489. The zero-order chi connectivity index (χ0) is 20.4. The summed E-state index contributed by atoms with van der Waals surface area (Å²) in [6.07, 6.45) is 1.73. The molecule has 0 aromatic heterocycles. The third-order valence-electron chi connectivity index (χ3n) is 4.34. The number of halogens is 2. The smallest absolute Gasteiger partial charge is 0.276 e. The minimum Gasteiger partial charge on any atom is -0.493 e. The third kappa shape index (κ3) is 3.88. The van der Waals surface area contributed by atoms with Gasteiger partial charge in [0, 0.05) is 19.7 Å². The molecule has 1 fully saturated rings. The Hall–Kier alpha value is -2.45. The zero-order valence-corrected chi connectivity index (χ0v) is 17.9. The number of methoxy groups -OCH3 is 1. The van der Waals surface area contributed by atoms with Crippen molar-refractivity contribution >= 4 is 45.2 Å². The molecule has 0 N–H and O–H groups in total. The molecule has 0 atom stereocenters. The Morgan fingerprint density at radius 3 is 2.54 bits per heavy atom. The molecule has 0 bridgehead atoms. The number of benzene rings is 2. The first-order chi connectivity index (χ1) is 13.3. The van der Waals surface area contributed by atoms with Crippen molar-refractivity contribution in [3.8, 4) is 11.5 Å². The molecular weight excluding hydrogens is 447 g/mol. The maximum Gasteiger partial charge on any atom is 0.276 e. The minimum absolute atomic E-state index is 0.0579. The monoisotopic (exact) mass is 464 g/mol. The lowest BCUT2D eigenvalue weighted by Crippen LogP contribution is -2.26. The Balaban J connectivity index is 1.90. The maximum absolute atomic E-state index is 13.8. The lowest BCUT2D eigenvalue weighted by molar-refractivity contribution is -0.121. The number of hydrogen-bond acceptors (Lipinski definition) is 4. The van der Waals surface area contributed by atoms with Gasteiger partial charge in [0.25, 0.3) is 5.91 Å². The van der Waals surface area contributed by atoms with Gasteiger partial charge in [-0.2, -0.15) is 0 Å². The van der Waals surface area contributed by atoms with Gasteiger partial charge in [0.05, 0.1) is 11.6 Å². The second kappa shape index (κ2) is 8.28. The summed E-state index contributed by atoms with van der Waals surface area (Å²) >= 11 is 8.70. The summed E-state index contributed by atoms with van der Waals surface area (Å²) in [5, 5.41) is 0.437. The van der Waals surface area contributed by atoms with Crippen LogP contribution in [0.1, 0.15) is 11.1 Å². The summed E-state index contributed by atoms with van der Waals surface area (Å²) < 4.78 is 25.7. The Morgan fingerprint density at radius 1 is 1.21 bits per heavy atom. The van der Waals surface area contributed by atoms with Gasteiger partial charge in [-0.15, -0.1) is 0 Å². The first kappa shape index (κ1) is 20.3. The van der Waals surface area contributed by atoms with Gasteiger partial charge in [0.15, 0.2) is 16.6 Å². The molecule has 1 saturated heterocycles. The van der Waals surface area contributed by atoms with Gasteiger partial charge >= 0.3 is 0 Å². The van der Waals surface area contributed by atoms with Crippen LogP contribution in [0.3, 0.4) is 0 Å². The van der Waals surface area contributed by atoms with Gasteiger partial charge in [-0.3, -0.25) is 9.69 Å². The van der Waals surface area contributed by atoms with E-state index in [-0.39, 0.29) is 18.3 Å². The van der Waals surface area contributed by atoms with E-state index in [1.807, 2.05) is 0 Å². The fourth-order valence-electron chi connectivity index (χ4n) is 2.78. The Morgan fingerprint density at radius 2 is 1.93 bits per heavy atom. The molecule has 1 heterocycles. The van der Waals surface area contributed by atoms with Crippen LogP contribution in [0.25, 0.3) is 6.08 Å². The maximum atomic E-state index is 13.8. The third-order valence-corrected chi connectivity index (χ3v) is 5.48. The van der Waals surface area contributed by atoms with E-state index in [1.165, 1.54) is 18.1 Å². The van der Waals surface area contributed by atoms with Crippen LogP contribution < -0.4 is 9.47 Å². The number of ether oxygens (including phenoxy) is 2. The van der Waals surface area contributed by atoms with E-state index >= 15 is 0 Å². The molecule has 0 saturated carbocycles. The highest BCUT2D eigenvalue weighted by Crippen LogP contribution is 2.38. The number of carbonyl (C=O) groups is 1. The molecule has 28 heavy (non-hydrogen) atoms. The van der Waals surface area contributed by atoms with E-state index in [1.54, 1.807) is 55.4 Å². The molecular formula is C20H18BrFN2O3S. The molecule has 1 aliphatic rings. The second-order valence-electron chi connectivity index (χ2n) is 6.15. The molecule has 1 amide bonds. The van der Waals surface area contributed by atoms with Crippen LogP contribution in [-0.4, -0.2) is 42.0 Å². The molecule has 146 valence electrons. The van der Waals surface area contributed by atoms with E-state index in [4.69, 9.17) is 21.7 Å². The average molecular weight is 465 g/mol. The molecule has 3 rings (SSSR count). The van der Waals surface area contributed by atoms with E-state index in [0.717, 1.165) is 5.56 Å². The fourth-order valence-corrected chi connectivity index (χ4v) is 3.53. The summed E-state index contributed by atoms with van der Waals surface area (Å²) in [5.74, 6) is 0.400. The van der Waals surface area contributed by atoms with Crippen molar-refractivity contribution in [2.45, 2.75) is 6.61 Å². The second-order valence-corrected chi connectivity index (χ2v) is 7.37. The summed E-state index contributed by atoms with van der Waals surface area (Å²) in [7, 11) is 4.90. The van der Waals surface area contributed by atoms with Crippen molar-refractivity contribution < 1.29 is 18.7 Å². The number of amides is 1. The van der Waals surface area contributed by atoms with Gasteiger partial charge < -0.3 is 14.4 Å². The molecule has 0 radical (unpaired) electrons. The predicted molar refractivity (Wildman–Crippen MR) is 113 cm³/mol. The van der Waals surface area contributed by atoms with E-state index in [0.29, 0.717) is 32.3 Å². The Labute approximate surface area is 176 Å². The number of thiocarbonyl (C=S) groups is 1. The van der Waals surface area contributed by atoms with E-state index in [2.05, 4.69) is 15.9 Å². The first-order valence-corrected chi connectivity index (χ1v) is 9.54. The van der Waals surface area contributed by atoms with Crippen LogP contribution in [0, 0.1) is 5.82 Å². The molecule has 2 aromatic rings. The first-order valence-electron chi connectivity index (χ1n) is 8.34. The topological polar surface area (TPSA) is 42.0 Å². The Bertz CT molecular complexity index is 980. The van der Waals surface area contributed by atoms with Crippen molar-refractivity contribution in [1.29, 1.82) is 0 Å². The number of rotatable bonds is 5. The van der Waals surface area contributed by atoms with Gasteiger partial charge in [-0.25, -0.2) is 4.39 Å². The number of nitrogens with zero attached hydrogens (tertiary/aromatic N) is 2. The minimum atomic E-state index is -0.332. The number of hydrogen-bond donors (Lipinski definition) is 0. The summed E-state index contributed by atoms with van der Waals surface area (Å²) in [4.78, 5) is 15.4. The zero-order valence-electron chi connectivity index (χ0n) is 15.5. The summed E-state index contributed by atoms with van der Waals surface area (Å²) in [6.45, 7) is 0.0579. The summed E-state index contributed by atoms with van der Waals surface area (Å²) in [6, 6.07) is 9.97. The average Bonchev–Trinajstić information content (AvgIpc) is 2.86. The van der Waals surface area contributed by atoms with Gasteiger partial charge in [0.2, 0.25) is 0 Å². The standard InChI is InChI=1S/C20H18BrFN2O3S/c1-23-16(19(25)24(2)20(23)28)9-12-8-14(21)18(17(10-12)26-3)27-11-13-6-4-5-7-15(13)22/h4-10H,11H2,1-3H3/b16-9-. The van der Waals surface area contributed by atoms with Crippen LogP contribution >= 0.6 is 28.1 Å². The molecule has 8 heteroatoms. The molecule has 0 unspecified atom stereocenters. The van der Waals surface area contributed by atoms with Crippen LogP contribution in [0.5, 0.6) is 11.5 Å². The SMILES string of the molecule is COc1cc(/C=C2/C(=O)N(C)C(=S)N2C)cc(Br)c1OCc1ccccc1F. The van der Waals surface area contributed by atoms with Gasteiger partial charge in [-0.1, -0.05) is 18.2 Å². The largest absolute Gasteiger partial charge is 0.493 e. The Kier molecular flexibility index (Phi) is 6.00. The number of carbonyl (C=O) groups excluding carboxylic acids is 1. The van der Waals surface area contributed by atoms with Crippen LogP contribution in [0.4, 0.5) is 4.39 Å². The van der Waals surface area contributed by atoms with Crippen molar-refractivity contribution in [3.05, 3.63) is 63.5 Å². The van der Waals surface area contributed by atoms with Crippen molar-refractivity contribution in [2.75, 3.05) is 21.2 Å². The molecule has 5 nitrogen and oxygen atoms in total.